The Balaban J connectivity index is 1.76. The molecule has 2 amide bonds. The number of benzene rings is 2. The van der Waals surface area contributed by atoms with Crippen LogP contribution in [0.25, 0.3) is 0 Å². The van der Waals surface area contributed by atoms with Gasteiger partial charge < -0.3 is 20.1 Å². The summed E-state index contributed by atoms with van der Waals surface area (Å²) < 4.78 is 10.8. The van der Waals surface area contributed by atoms with E-state index < -0.39 is 0 Å². The van der Waals surface area contributed by atoms with Crippen molar-refractivity contribution >= 4 is 11.7 Å². The van der Waals surface area contributed by atoms with Gasteiger partial charge in [-0.15, -0.1) is 0 Å². The molecule has 0 aliphatic heterocycles. The van der Waals surface area contributed by atoms with Gasteiger partial charge in [0, 0.05) is 5.69 Å². The number of aryl methyl sites for hydroxylation is 2. The minimum absolute atomic E-state index is 0.251. The second-order valence-corrected chi connectivity index (χ2v) is 5.26. The van der Waals surface area contributed by atoms with E-state index in [4.69, 9.17) is 9.47 Å². The summed E-state index contributed by atoms with van der Waals surface area (Å²) in [6.07, 6.45) is 0. The minimum atomic E-state index is -0.251. The number of urea groups is 1. The van der Waals surface area contributed by atoms with Gasteiger partial charge in [-0.2, -0.15) is 0 Å². The number of carbonyl (C=O) groups excluding carboxylic acids is 1. The monoisotopic (exact) mass is 314 g/mol. The highest BCUT2D eigenvalue weighted by Gasteiger charge is 2.04. The third-order valence-electron chi connectivity index (χ3n) is 3.19. The second kappa shape index (κ2) is 8.08. The van der Waals surface area contributed by atoms with Gasteiger partial charge >= 0.3 is 6.03 Å². The third-order valence-corrected chi connectivity index (χ3v) is 3.19. The number of para-hydroxylation sites is 2. The molecule has 0 radical (unpaired) electrons. The Morgan fingerprint density at radius 2 is 1.70 bits per heavy atom. The quantitative estimate of drug-likeness (QED) is 0.802. The Kier molecular flexibility index (Phi) is 5.86. The highest BCUT2D eigenvalue weighted by Crippen LogP contribution is 2.25. The molecule has 0 bridgehead atoms. The number of methoxy groups -OCH3 is 1. The lowest BCUT2D eigenvalue weighted by Crippen LogP contribution is -2.32. The zero-order chi connectivity index (χ0) is 16.7. The summed E-state index contributed by atoms with van der Waals surface area (Å²) in [6.45, 7) is 4.75. The molecule has 0 saturated carbocycles. The van der Waals surface area contributed by atoms with Gasteiger partial charge in [0.1, 0.15) is 6.61 Å². The van der Waals surface area contributed by atoms with Crippen LogP contribution < -0.4 is 20.1 Å². The molecule has 122 valence electrons. The van der Waals surface area contributed by atoms with Crippen LogP contribution in [0.4, 0.5) is 10.5 Å². The lowest BCUT2D eigenvalue weighted by atomic mass is 10.1. The van der Waals surface area contributed by atoms with Gasteiger partial charge in [-0.3, -0.25) is 0 Å². The number of ether oxygens (including phenoxy) is 2. The van der Waals surface area contributed by atoms with Gasteiger partial charge in [0.25, 0.3) is 0 Å². The van der Waals surface area contributed by atoms with Gasteiger partial charge in [0.15, 0.2) is 11.5 Å². The molecule has 0 heterocycles. The minimum Gasteiger partial charge on any atom is -0.493 e. The summed E-state index contributed by atoms with van der Waals surface area (Å²) in [5.74, 6) is 1.33. The third kappa shape index (κ3) is 5.21. The van der Waals surface area contributed by atoms with Crippen molar-refractivity contribution in [2.75, 3.05) is 25.6 Å². The lowest BCUT2D eigenvalue weighted by molar-refractivity contribution is 0.246. The van der Waals surface area contributed by atoms with Crippen molar-refractivity contribution in [1.29, 1.82) is 0 Å². The maximum Gasteiger partial charge on any atom is 0.319 e. The van der Waals surface area contributed by atoms with Crippen LogP contribution in [-0.2, 0) is 0 Å². The zero-order valence-corrected chi connectivity index (χ0v) is 13.7. The molecule has 5 heteroatoms. The fourth-order valence-electron chi connectivity index (χ4n) is 2.29. The van der Waals surface area contributed by atoms with Crippen LogP contribution in [0.15, 0.2) is 42.5 Å². The van der Waals surface area contributed by atoms with E-state index in [0.29, 0.717) is 24.7 Å². The van der Waals surface area contributed by atoms with Crippen molar-refractivity contribution in [3.8, 4) is 11.5 Å². The number of anilines is 1. The maximum absolute atomic E-state index is 11.9. The number of rotatable bonds is 6. The van der Waals surface area contributed by atoms with Gasteiger partial charge in [-0.25, -0.2) is 4.79 Å². The second-order valence-electron chi connectivity index (χ2n) is 5.26. The molecule has 0 saturated heterocycles. The topological polar surface area (TPSA) is 59.6 Å². The standard InChI is InChI=1S/C18H22N2O3/c1-13-10-14(2)12-15(11-13)20-18(21)19-8-9-23-17-7-5-4-6-16(17)22-3/h4-7,10-12H,8-9H2,1-3H3,(H2,19,20,21). The molecule has 0 atom stereocenters. The molecule has 2 rings (SSSR count). The largest absolute Gasteiger partial charge is 0.493 e. The van der Waals surface area contributed by atoms with Crippen LogP contribution in [0.1, 0.15) is 11.1 Å². The fraction of sp³-hybridized carbons (Fsp3) is 0.278. The molecule has 5 nitrogen and oxygen atoms in total. The van der Waals surface area contributed by atoms with E-state index in [1.807, 2.05) is 50.2 Å². The van der Waals surface area contributed by atoms with Crippen molar-refractivity contribution < 1.29 is 14.3 Å². The van der Waals surface area contributed by atoms with E-state index in [-0.39, 0.29) is 6.03 Å². The smallest absolute Gasteiger partial charge is 0.319 e. The van der Waals surface area contributed by atoms with Crippen LogP contribution in [0, 0.1) is 13.8 Å². The molecule has 0 aliphatic carbocycles. The van der Waals surface area contributed by atoms with Crippen molar-refractivity contribution in [1.82, 2.24) is 5.32 Å². The summed E-state index contributed by atoms with van der Waals surface area (Å²) >= 11 is 0. The molecular formula is C18H22N2O3. The summed E-state index contributed by atoms with van der Waals surface area (Å²) in [6, 6.07) is 13.1. The van der Waals surface area contributed by atoms with Gasteiger partial charge in [0.2, 0.25) is 0 Å². The Labute approximate surface area is 136 Å². The van der Waals surface area contributed by atoms with E-state index in [1.165, 1.54) is 0 Å². The van der Waals surface area contributed by atoms with Crippen molar-refractivity contribution in [2.45, 2.75) is 13.8 Å². The average Bonchev–Trinajstić information content (AvgIpc) is 2.51. The molecule has 0 aliphatic rings. The highest BCUT2D eigenvalue weighted by molar-refractivity contribution is 5.89. The predicted molar refractivity (Wildman–Crippen MR) is 91.4 cm³/mol. The van der Waals surface area contributed by atoms with Gasteiger partial charge in [-0.05, 0) is 49.2 Å². The summed E-state index contributed by atoms with van der Waals surface area (Å²) in [7, 11) is 1.59. The Morgan fingerprint density at radius 3 is 2.35 bits per heavy atom. The van der Waals surface area contributed by atoms with Crippen LogP contribution in [0.5, 0.6) is 11.5 Å². The highest BCUT2D eigenvalue weighted by atomic mass is 16.5. The molecule has 0 aromatic heterocycles. The zero-order valence-electron chi connectivity index (χ0n) is 13.7. The van der Waals surface area contributed by atoms with Crippen LogP contribution >= 0.6 is 0 Å². The Bertz CT molecular complexity index is 651. The average molecular weight is 314 g/mol. The SMILES string of the molecule is COc1ccccc1OCCNC(=O)Nc1cc(C)cc(C)c1. The van der Waals surface area contributed by atoms with Crippen molar-refractivity contribution in [2.24, 2.45) is 0 Å². The number of amides is 2. The van der Waals surface area contributed by atoms with Gasteiger partial charge in [0.05, 0.1) is 13.7 Å². The summed E-state index contributed by atoms with van der Waals surface area (Å²) in [4.78, 5) is 11.9. The van der Waals surface area contributed by atoms with Crippen molar-refractivity contribution in [3.63, 3.8) is 0 Å². The van der Waals surface area contributed by atoms with E-state index >= 15 is 0 Å². The maximum atomic E-state index is 11.9. The van der Waals surface area contributed by atoms with Crippen LogP contribution in [-0.4, -0.2) is 26.3 Å². The number of hydrogen-bond donors (Lipinski definition) is 2. The Hall–Kier alpha value is -2.69. The molecule has 23 heavy (non-hydrogen) atoms. The fourth-order valence-corrected chi connectivity index (χ4v) is 2.29. The molecule has 2 N–H and O–H groups in total. The summed E-state index contributed by atoms with van der Waals surface area (Å²) in [5, 5.41) is 5.58. The first-order valence-electron chi connectivity index (χ1n) is 7.47. The van der Waals surface area contributed by atoms with Crippen molar-refractivity contribution in [3.05, 3.63) is 53.6 Å². The normalized spacial score (nSPS) is 10.0. The molecule has 2 aromatic rings. The number of hydrogen-bond acceptors (Lipinski definition) is 3. The Morgan fingerprint density at radius 1 is 1.04 bits per heavy atom. The molecule has 2 aromatic carbocycles. The molecule has 0 unspecified atom stereocenters. The predicted octanol–water partition coefficient (Wildman–Crippen LogP) is 3.51. The van der Waals surface area contributed by atoms with E-state index in [0.717, 1.165) is 16.8 Å². The van der Waals surface area contributed by atoms with E-state index in [9.17, 15) is 4.79 Å². The van der Waals surface area contributed by atoms with E-state index in [2.05, 4.69) is 16.7 Å². The van der Waals surface area contributed by atoms with Gasteiger partial charge in [-0.1, -0.05) is 18.2 Å². The number of nitrogens with one attached hydrogen (secondary N) is 2. The number of carbonyl (C=O) groups is 1. The molecule has 0 fully saturated rings. The van der Waals surface area contributed by atoms with Crippen LogP contribution in [0.2, 0.25) is 0 Å². The first kappa shape index (κ1) is 16.7. The van der Waals surface area contributed by atoms with Crippen LogP contribution in [0.3, 0.4) is 0 Å². The molecule has 0 spiro atoms. The first-order valence-corrected chi connectivity index (χ1v) is 7.47. The summed E-state index contributed by atoms with van der Waals surface area (Å²) in [5.41, 5.74) is 3.00. The molecular weight excluding hydrogens is 292 g/mol. The first-order chi connectivity index (χ1) is 11.1. The van der Waals surface area contributed by atoms with E-state index in [1.54, 1.807) is 7.11 Å². The lowest BCUT2D eigenvalue weighted by Gasteiger charge is -2.12.